The second-order valence-corrected chi connectivity index (χ2v) is 7.47. The molecule has 0 radical (unpaired) electrons. The van der Waals surface area contributed by atoms with E-state index in [9.17, 15) is 8.42 Å². The number of rotatable bonds is 6. The quantitative estimate of drug-likeness (QED) is 0.865. The standard InChI is InChI=1S/C15H24N2O3S/c1-3-17-9-10-20-14(12-17)11-16-13-5-7-15(8-6-13)21(18,19)4-2/h5-8,14,16H,3-4,9-12H2,1-2H3. The molecule has 1 aliphatic heterocycles. The van der Waals surface area contributed by atoms with Crippen LogP contribution in [0.4, 0.5) is 5.69 Å². The summed E-state index contributed by atoms with van der Waals surface area (Å²) < 4.78 is 29.2. The Morgan fingerprint density at radius 3 is 2.62 bits per heavy atom. The van der Waals surface area contributed by atoms with Crippen LogP contribution in [0, 0.1) is 0 Å². The monoisotopic (exact) mass is 312 g/mol. The van der Waals surface area contributed by atoms with Gasteiger partial charge in [-0.25, -0.2) is 8.42 Å². The van der Waals surface area contributed by atoms with Gasteiger partial charge < -0.3 is 10.1 Å². The van der Waals surface area contributed by atoms with Gasteiger partial charge in [-0.2, -0.15) is 0 Å². The third-order valence-corrected chi connectivity index (χ3v) is 5.55. The van der Waals surface area contributed by atoms with E-state index < -0.39 is 9.84 Å². The maximum absolute atomic E-state index is 11.7. The van der Waals surface area contributed by atoms with Crippen LogP contribution in [0.1, 0.15) is 13.8 Å². The van der Waals surface area contributed by atoms with Crippen molar-refractivity contribution in [2.24, 2.45) is 0 Å². The summed E-state index contributed by atoms with van der Waals surface area (Å²) in [6.45, 7) is 8.29. The lowest BCUT2D eigenvalue weighted by Gasteiger charge is -2.32. The van der Waals surface area contributed by atoms with Crippen molar-refractivity contribution in [3.05, 3.63) is 24.3 Å². The van der Waals surface area contributed by atoms with Crippen molar-refractivity contribution in [3.63, 3.8) is 0 Å². The molecule has 118 valence electrons. The number of anilines is 1. The predicted molar refractivity (Wildman–Crippen MR) is 84.5 cm³/mol. The number of likely N-dealkylation sites (N-methyl/N-ethyl adjacent to an activating group) is 1. The minimum atomic E-state index is -3.12. The molecule has 0 amide bonds. The van der Waals surface area contributed by atoms with Gasteiger partial charge in [0.1, 0.15) is 0 Å². The maximum atomic E-state index is 11.7. The van der Waals surface area contributed by atoms with E-state index in [0.29, 0.717) is 4.90 Å². The molecule has 1 fully saturated rings. The Bertz CT molecular complexity index is 543. The lowest BCUT2D eigenvalue weighted by Crippen LogP contribution is -2.45. The molecule has 1 aromatic carbocycles. The van der Waals surface area contributed by atoms with Crippen LogP contribution in [0.3, 0.4) is 0 Å². The summed E-state index contributed by atoms with van der Waals surface area (Å²) in [5.74, 6) is 0.128. The van der Waals surface area contributed by atoms with E-state index >= 15 is 0 Å². The summed E-state index contributed by atoms with van der Waals surface area (Å²) in [7, 11) is -3.12. The van der Waals surface area contributed by atoms with E-state index in [4.69, 9.17) is 4.74 Å². The topological polar surface area (TPSA) is 58.6 Å². The molecule has 6 heteroatoms. The van der Waals surface area contributed by atoms with Crippen molar-refractivity contribution in [2.45, 2.75) is 24.8 Å². The Morgan fingerprint density at radius 2 is 2.00 bits per heavy atom. The van der Waals surface area contributed by atoms with E-state index in [1.807, 2.05) is 12.1 Å². The van der Waals surface area contributed by atoms with Crippen molar-refractivity contribution < 1.29 is 13.2 Å². The van der Waals surface area contributed by atoms with E-state index in [2.05, 4.69) is 17.1 Å². The molecule has 0 bridgehead atoms. The van der Waals surface area contributed by atoms with Gasteiger partial charge in [0.15, 0.2) is 9.84 Å². The highest BCUT2D eigenvalue weighted by Crippen LogP contribution is 2.16. The number of hydrogen-bond acceptors (Lipinski definition) is 5. The largest absolute Gasteiger partial charge is 0.382 e. The molecule has 1 atom stereocenters. The van der Waals surface area contributed by atoms with Gasteiger partial charge in [0.25, 0.3) is 0 Å². The summed E-state index contributed by atoms with van der Waals surface area (Å²) in [6, 6.07) is 6.93. The first-order valence-corrected chi connectivity index (χ1v) is 9.11. The molecule has 5 nitrogen and oxygen atoms in total. The Kier molecular flexibility index (Phi) is 5.61. The van der Waals surface area contributed by atoms with E-state index in [-0.39, 0.29) is 11.9 Å². The lowest BCUT2D eigenvalue weighted by molar-refractivity contribution is -0.0191. The molecule has 0 aliphatic carbocycles. The molecule has 2 rings (SSSR count). The number of sulfone groups is 1. The van der Waals surface area contributed by atoms with Gasteiger partial charge in [-0.05, 0) is 30.8 Å². The van der Waals surface area contributed by atoms with E-state index in [0.717, 1.165) is 38.5 Å². The zero-order chi connectivity index (χ0) is 15.3. The minimum absolute atomic E-state index is 0.128. The summed E-state index contributed by atoms with van der Waals surface area (Å²) in [5.41, 5.74) is 0.919. The fourth-order valence-electron chi connectivity index (χ4n) is 2.37. The maximum Gasteiger partial charge on any atom is 0.178 e. The third-order valence-electron chi connectivity index (χ3n) is 3.80. The molecule has 1 unspecified atom stereocenters. The lowest BCUT2D eigenvalue weighted by atomic mass is 10.2. The van der Waals surface area contributed by atoms with Gasteiger partial charge in [-0.1, -0.05) is 13.8 Å². The first-order chi connectivity index (χ1) is 10.0. The summed E-state index contributed by atoms with van der Waals surface area (Å²) in [6.07, 6.45) is 0.178. The van der Waals surface area contributed by atoms with E-state index in [1.165, 1.54) is 0 Å². The Balaban J connectivity index is 1.89. The molecule has 1 heterocycles. The Labute approximate surface area is 127 Å². The van der Waals surface area contributed by atoms with Gasteiger partial charge >= 0.3 is 0 Å². The van der Waals surface area contributed by atoms with E-state index in [1.54, 1.807) is 19.1 Å². The van der Waals surface area contributed by atoms with Crippen LogP contribution in [0.25, 0.3) is 0 Å². The molecule has 1 N–H and O–H groups in total. The zero-order valence-corrected chi connectivity index (χ0v) is 13.5. The second kappa shape index (κ2) is 7.24. The average molecular weight is 312 g/mol. The van der Waals surface area contributed by atoms with Gasteiger partial charge in [0.05, 0.1) is 23.4 Å². The zero-order valence-electron chi connectivity index (χ0n) is 12.7. The molecule has 1 saturated heterocycles. The molecule has 21 heavy (non-hydrogen) atoms. The first-order valence-electron chi connectivity index (χ1n) is 7.45. The van der Waals surface area contributed by atoms with Crippen LogP contribution < -0.4 is 5.32 Å². The molecule has 0 spiro atoms. The molecule has 0 aromatic heterocycles. The highest BCUT2D eigenvalue weighted by molar-refractivity contribution is 7.91. The van der Waals surface area contributed by atoms with Crippen LogP contribution in [0.5, 0.6) is 0 Å². The predicted octanol–water partition coefficient (Wildman–Crippen LogP) is 1.61. The first kappa shape index (κ1) is 16.3. The molecular weight excluding hydrogens is 288 g/mol. The average Bonchev–Trinajstić information content (AvgIpc) is 2.53. The number of ether oxygens (including phenoxy) is 1. The fraction of sp³-hybridized carbons (Fsp3) is 0.600. The van der Waals surface area contributed by atoms with Gasteiger partial charge in [-0.3, -0.25) is 4.90 Å². The normalized spacial score (nSPS) is 20.4. The van der Waals surface area contributed by atoms with Crippen molar-refractivity contribution in [1.29, 1.82) is 0 Å². The highest BCUT2D eigenvalue weighted by atomic mass is 32.2. The molecule has 0 saturated carbocycles. The molecule has 1 aliphatic rings. The van der Waals surface area contributed by atoms with Crippen molar-refractivity contribution >= 4 is 15.5 Å². The van der Waals surface area contributed by atoms with Crippen LogP contribution in [-0.2, 0) is 14.6 Å². The van der Waals surface area contributed by atoms with Crippen molar-refractivity contribution in [2.75, 3.05) is 43.9 Å². The van der Waals surface area contributed by atoms with Gasteiger partial charge in [0, 0.05) is 25.3 Å². The number of benzene rings is 1. The van der Waals surface area contributed by atoms with Crippen LogP contribution in [0.2, 0.25) is 0 Å². The second-order valence-electron chi connectivity index (χ2n) is 5.19. The van der Waals surface area contributed by atoms with Crippen LogP contribution in [0.15, 0.2) is 29.2 Å². The van der Waals surface area contributed by atoms with Gasteiger partial charge in [-0.15, -0.1) is 0 Å². The molecular formula is C15H24N2O3S. The number of morpholine rings is 1. The minimum Gasteiger partial charge on any atom is -0.382 e. The highest BCUT2D eigenvalue weighted by Gasteiger charge is 2.19. The smallest absolute Gasteiger partial charge is 0.178 e. The summed E-state index contributed by atoms with van der Waals surface area (Å²) >= 11 is 0. The number of nitrogens with one attached hydrogen (secondary N) is 1. The SMILES string of the molecule is CCN1CCOC(CNc2ccc(S(=O)(=O)CC)cc2)C1. The van der Waals surface area contributed by atoms with Crippen molar-refractivity contribution in [3.8, 4) is 0 Å². The van der Waals surface area contributed by atoms with Crippen LogP contribution >= 0.6 is 0 Å². The fourth-order valence-corrected chi connectivity index (χ4v) is 3.25. The summed E-state index contributed by atoms with van der Waals surface area (Å²) in [5, 5.41) is 3.31. The van der Waals surface area contributed by atoms with Crippen molar-refractivity contribution in [1.82, 2.24) is 4.90 Å². The van der Waals surface area contributed by atoms with Gasteiger partial charge in [0.2, 0.25) is 0 Å². The van der Waals surface area contributed by atoms with Crippen LogP contribution in [-0.4, -0.2) is 58.0 Å². The third kappa shape index (κ3) is 4.43. The number of hydrogen-bond donors (Lipinski definition) is 1. The number of nitrogens with zero attached hydrogens (tertiary/aromatic N) is 1. The Morgan fingerprint density at radius 1 is 1.29 bits per heavy atom. The summed E-state index contributed by atoms with van der Waals surface area (Å²) in [4.78, 5) is 2.74. The molecule has 1 aromatic rings. The Hall–Kier alpha value is -1.11.